The lowest BCUT2D eigenvalue weighted by Crippen LogP contribution is -2.15. The third kappa shape index (κ3) is 6.32. The third-order valence-corrected chi connectivity index (χ3v) is 8.17. The van der Waals surface area contributed by atoms with Crippen LogP contribution in [0.5, 0.6) is 5.75 Å². The standard InChI is InChI=1S/C31H39F3O/c1-3-5-21-8-13-24(14-9-21)27-18-16-25(30(33)31(27)34)15-10-22-6-11-23(12-7-22)26-17-19-29(35-4-2)28(32)20-26/h10,15-24H,3-9,11-14H2,1-2H3/b15-10+. The van der Waals surface area contributed by atoms with E-state index >= 15 is 0 Å². The molecule has 1 nitrogen and oxygen atoms in total. The minimum atomic E-state index is -0.715. The highest BCUT2D eigenvalue weighted by molar-refractivity contribution is 5.52. The zero-order valence-corrected chi connectivity index (χ0v) is 21.2. The zero-order chi connectivity index (χ0) is 24.8. The Kier molecular flexibility index (Phi) is 8.97. The molecular formula is C31H39F3O. The molecule has 0 heterocycles. The summed E-state index contributed by atoms with van der Waals surface area (Å²) in [7, 11) is 0. The fourth-order valence-corrected chi connectivity index (χ4v) is 6.12. The van der Waals surface area contributed by atoms with Crippen molar-refractivity contribution in [3.63, 3.8) is 0 Å². The van der Waals surface area contributed by atoms with Crippen LogP contribution in [0.1, 0.15) is 107 Å². The van der Waals surface area contributed by atoms with Crippen molar-refractivity contribution >= 4 is 6.08 Å². The number of benzene rings is 2. The molecule has 0 aromatic heterocycles. The molecule has 0 radical (unpaired) electrons. The van der Waals surface area contributed by atoms with E-state index in [0.29, 0.717) is 35.3 Å². The molecule has 2 aromatic rings. The lowest BCUT2D eigenvalue weighted by molar-refractivity contribution is 0.303. The lowest BCUT2D eigenvalue weighted by atomic mass is 9.77. The normalized spacial score (nSPS) is 25.2. The number of halogens is 3. The van der Waals surface area contributed by atoms with Gasteiger partial charge in [-0.3, -0.25) is 0 Å². The first-order valence-corrected chi connectivity index (χ1v) is 13.6. The van der Waals surface area contributed by atoms with E-state index in [-0.39, 0.29) is 11.7 Å². The Bertz CT molecular complexity index is 999. The van der Waals surface area contributed by atoms with Crippen LogP contribution in [0, 0.1) is 29.3 Å². The molecule has 0 amide bonds. The number of ether oxygens (including phenoxy) is 1. The van der Waals surface area contributed by atoms with E-state index in [0.717, 1.165) is 62.8 Å². The molecule has 0 N–H and O–H groups in total. The second-order valence-corrected chi connectivity index (χ2v) is 10.5. The average molecular weight is 485 g/mol. The number of allylic oxidation sites excluding steroid dienone is 1. The van der Waals surface area contributed by atoms with Gasteiger partial charge in [0.2, 0.25) is 0 Å². The van der Waals surface area contributed by atoms with Crippen molar-refractivity contribution in [2.24, 2.45) is 11.8 Å². The van der Waals surface area contributed by atoms with Crippen LogP contribution in [0.4, 0.5) is 13.2 Å². The van der Waals surface area contributed by atoms with Crippen LogP contribution >= 0.6 is 0 Å². The van der Waals surface area contributed by atoms with Gasteiger partial charge in [-0.15, -0.1) is 0 Å². The number of hydrogen-bond donors (Lipinski definition) is 0. The molecule has 2 aromatic carbocycles. The molecule has 2 aliphatic rings. The van der Waals surface area contributed by atoms with Crippen LogP contribution in [0.2, 0.25) is 0 Å². The Morgan fingerprint density at radius 3 is 2.20 bits per heavy atom. The number of rotatable bonds is 8. The molecule has 0 unspecified atom stereocenters. The van der Waals surface area contributed by atoms with Gasteiger partial charge in [0.05, 0.1) is 6.61 Å². The van der Waals surface area contributed by atoms with E-state index in [1.165, 1.54) is 12.8 Å². The van der Waals surface area contributed by atoms with Crippen LogP contribution < -0.4 is 4.74 Å². The first kappa shape index (κ1) is 25.9. The topological polar surface area (TPSA) is 9.23 Å². The van der Waals surface area contributed by atoms with Crippen molar-refractivity contribution in [2.45, 2.75) is 89.9 Å². The van der Waals surface area contributed by atoms with E-state index in [4.69, 9.17) is 4.74 Å². The second kappa shape index (κ2) is 12.1. The summed E-state index contributed by atoms with van der Waals surface area (Å²) in [6.07, 6.45) is 14.2. The smallest absolute Gasteiger partial charge is 0.166 e. The number of hydrogen-bond acceptors (Lipinski definition) is 1. The predicted octanol–water partition coefficient (Wildman–Crippen LogP) is 9.56. The molecule has 0 spiro atoms. The predicted molar refractivity (Wildman–Crippen MR) is 137 cm³/mol. The maximum atomic E-state index is 15.0. The largest absolute Gasteiger partial charge is 0.491 e. The molecule has 4 heteroatoms. The molecule has 2 aliphatic carbocycles. The van der Waals surface area contributed by atoms with Gasteiger partial charge in [0.15, 0.2) is 23.2 Å². The van der Waals surface area contributed by atoms with Gasteiger partial charge < -0.3 is 4.74 Å². The van der Waals surface area contributed by atoms with Crippen molar-refractivity contribution in [2.75, 3.05) is 6.61 Å². The van der Waals surface area contributed by atoms with E-state index in [1.807, 2.05) is 19.1 Å². The van der Waals surface area contributed by atoms with Crippen molar-refractivity contribution in [1.29, 1.82) is 0 Å². The molecule has 2 fully saturated rings. The monoisotopic (exact) mass is 484 g/mol. The maximum Gasteiger partial charge on any atom is 0.166 e. The first-order valence-electron chi connectivity index (χ1n) is 13.6. The highest BCUT2D eigenvalue weighted by Crippen LogP contribution is 2.40. The van der Waals surface area contributed by atoms with Crippen molar-refractivity contribution in [3.05, 3.63) is 70.5 Å². The summed E-state index contributed by atoms with van der Waals surface area (Å²) >= 11 is 0. The molecule has 0 saturated heterocycles. The maximum absolute atomic E-state index is 15.0. The van der Waals surface area contributed by atoms with E-state index in [2.05, 4.69) is 6.92 Å². The van der Waals surface area contributed by atoms with Crippen LogP contribution in [0.3, 0.4) is 0 Å². The fourth-order valence-electron chi connectivity index (χ4n) is 6.12. The van der Waals surface area contributed by atoms with E-state index in [1.54, 1.807) is 30.3 Å². The van der Waals surface area contributed by atoms with Gasteiger partial charge in [-0.2, -0.15) is 0 Å². The summed E-state index contributed by atoms with van der Waals surface area (Å²) < 4.78 is 49.4. The Labute approximate surface area is 208 Å². The lowest BCUT2D eigenvalue weighted by Gasteiger charge is -2.29. The average Bonchev–Trinajstić information content (AvgIpc) is 2.87. The second-order valence-electron chi connectivity index (χ2n) is 10.5. The van der Waals surface area contributed by atoms with E-state index < -0.39 is 11.6 Å². The highest BCUT2D eigenvalue weighted by atomic mass is 19.2. The first-order chi connectivity index (χ1) is 17.0. The molecule has 2 saturated carbocycles. The quantitative estimate of drug-likeness (QED) is 0.362. The Morgan fingerprint density at radius 2 is 1.54 bits per heavy atom. The van der Waals surface area contributed by atoms with Crippen LogP contribution in [0.25, 0.3) is 6.08 Å². The fraction of sp³-hybridized carbons (Fsp3) is 0.548. The van der Waals surface area contributed by atoms with Gasteiger partial charge in [-0.25, -0.2) is 13.2 Å². The summed E-state index contributed by atoms with van der Waals surface area (Å²) in [5.41, 5.74) is 1.90. The summed E-state index contributed by atoms with van der Waals surface area (Å²) in [5, 5.41) is 0. The van der Waals surface area contributed by atoms with Crippen molar-refractivity contribution in [3.8, 4) is 5.75 Å². The van der Waals surface area contributed by atoms with Gasteiger partial charge in [0.1, 0.15) is 0 Å². The van der Waals surface area contributed by atoms with Gasteiger partial charge in [-0.1, -0.05) is 50.1 Å². The molecule has 0 atom stereocenters. The molecule has 0 bridgehead atoms. The van der Waals surface area contributed by atoms with Crippen LogP contribution in [-0.2, 0) is 0 Å². The summed E-state index contributed by atoms with van der Waals surface area (Å²) in [6, 6.07) is 8.83. The van der Waals surface area contributed by atoms with Crippen molar-refractivity contribution in [1.82, 2.24) is 0 Å². The van der Waals surface area contributed by atoms with Crippen LogP contribution in [0.15, 0.2) is 36.4 Å². The third-order valence-electron chi connectivity index (χ3n) is 8.17. The highest BCUT2D eigenvalue weighted by Gasteiger charge is 2.26. The van der Waals surface area contributed by atoms with Crippen LogP contribution in [-0.4, -0.2) is 6.61 Å². The summed E-state index contributed by atoms with van der Waals surface area (Å²) in [5.74, 6) is 0.160. The summed E-state index contributed by atoms with van der Waals surface area (Å²) in [4.78, 5) is 0. The van der Waals surface area contributed by atoms with Crippen molar-refractivity contribution < 1.29 is 17.9 Å². The summed E-state index contributed by atoms with van der Waals surface area (Å²) in [6.45, 7) is 4.50. The molecule has 0 aliphatic heterocycles. The Hall–Kier alpha value is -2.23. The van der Waals surface area contributed by atoms with E-state index in [9.17, 15) is 13.2 Å². The minimum Gasteiger partial charge on any atom is -0.491 e. The zero-order valence-electron chi connectivity index (χ0n) is 21.2. The molecule has 35 heavy (non-hydrogen) atoms. The van der Waals surface area contributed by atoms with Gasteiger partial charge in [-0.05, 0) is 105 Å². The Balaban J connectivity index is 1.33. The molecule has 190 valence electrons. The van der Waals surface area contributed by atoms with Gasteiger partial charge in [0.25, 0.3) is 0 Å². The minimum absolute atomic E-state index is 0.137. The van der Waals surface area contributed by atoms with Gasteiger partial charge in [0, 0.05) is 5.56 Å². The SMILES string of the molecule is CCCC1CCC(c2ccc(/C=C/C3CCC(c4ccc(OCC)c(F)c4)CC3)c(F)c2F)CC1. The molecular weight excluding hydrogens is 445 g/mol. The van der Waals surface area contributed by atoms with Gasteiger partial charge >= 0.3 is 0 Å². The molecule has 4 rings (SSSR count). The Morgan fingerprint density at radius 1 is 0.829 bits per heavy atom.